The zero-order valence-electron chi connectivity index (χ0n) is 16.7. The number of hydrogen-bond acceptors (Lipinski definition) is 6. The van der Waals surface area contributed by atoms with E-state index in [2.05, 4.69) is 11.8 Å². The Hall–Kier alpha value is -1.48. The number of likely N-dealkylation sites (tertiary alicyclic amines) is 1. The molecule has 8 heteroatoms. The molecule has 156 valence electrons. The third-order valence-electron chi connectivity index (χ3n) is 5.45. The van der Waals surface area contributed by atoms with E-state index in [1.807, 2.05) is 6.92 Å². The van der Waals surface area contributed by atoms with Crippen molar-refractivity contribution in [2.75, 3.05) is 45.9 Å². The fourth-order valence-corrected chi connectivity index (χ4v) is 5.48. The maximum atomic E-state index is 13.1. The summed E-state index contributed by atoms with van der Waals surface area (Å²) in [7, 11) is -3.67. The highest BCUT2D eigenvalue weighted by molar-refractivity contribution is 7.89. The summed E-state index contributed by atoms with van der Waals surface area (Å²) in [5.41, 5.74) is 0.996. The van der Waals surface area contributed by atoms with Gasteiger partial charge in [-0.2, -0.15) is 4.31 Å². The SMILES string of the molecule is CCc1ccc(C(=O)OC2CCCN(CC)C2)cc1S(=O)(=O)N1CCOCC1. The molecule has 0 aliphatic carbocycles. The van der Waals surface area contributed by atoms with Crippen molar-refractivity contribution >= 4 is 16.0 Å². The van der Waals surface area contributed by atoms with E-state index < -0.39 is 16.0 Å². The number of sulfonamides is 1. The summed E-state index contributed by atoms with van der Waals surface area (Å²) < 4.78 is 38.6. The molecule has 2 aliphatic rings. The van der Waals surface area contributed by atoms with Gasteiger partial charge in [0.2, 0.25) is 10.0 Å². The topological polar surface area (TPSA) is 76.2 Å². The van der Waals surface area contributed by atoms with Crippen molar-refractivity contribution in [2.24, 2.45) is 0 Å². The largest absolute Gasteiger partial charge is 0.457 e. The van der Waals surface area contributed by atoms with E-state index in [-0.39, 0.29) is 16.6 Å². The van der Waals surface area contributed by atoms with Crippen LogP contribution in [-0.2, 0) is 25.9 Å². The molecule has 28 heavy (non-hydrogen) atoms. The van der Waals surface area contributed by atoms with Crippen LogP contribution in [0.4, 0.5) is 0 Å². The fourth-order valence-electron chi connectivity index (χ4n) is 3.76. The summed E-state index contributed by atoms with van der Waals surface area (Å²) in [6.07, 6.45) is 2.26. The van der Waals surface area contributed by atoms with E-state index in [9.17, 15) is 13.2 Å². The zero-order chi connectivity index (χ0) is 20.1. The molecule has 1 aromatic rings. The van der Waals surface area contributed by atoms with Gasteiger partial charge in [-0.05, 0) is 50.0 Å². The monoisotopic (exact) mass is 410 g/mol. The van der Waals surface area contributed by atoms with Crippen molar-refractivity contribution in [2.45, 2.75) is 44.1 Å². The van der Waals surface area contributed by atoms with E-state index in [0.29, 0.717) is 38.3 Å². The molecule has 0 bridgehead atoms. The standard InChI is InChI=1S/C20H30N2O5S/c1-3-16-7-8-17(20(23)27-18-6-5-9-21(4-2)15-18)14-19(16)28(24,25)22-10-12-26-13-11-22/h7-8,14,18H,3-6,9-13,15H2,1-2H3. The minimum Gasteiger partial charge on any atom is -0.457 e. The molecule has 0 aromatic heterocycles. The molecule has 0 amide bonds. The van der Waals surface area contributed by atoms with Crippen LogP contribution in [0.3, 0.4) is 0 Å². The summed E-state index contributed by atoms with van der Waals surface area (Å²) in [6.45, 7) is 8.12. The quantitative estimate of drug-likeness (QED) is 0.667. The number of esters is 1. The number of likely N-dealkylation sites (N-methyl/N-ethyl adjacent to an activating group) is 1. The van der Waals surface area contributed by atoms with Crippen LogP contribution in [0.2, 0.25) is 0 Å². The Bertz CT molecular complexity index is 790. The molecule has 3 rings (SSSR count). The minimum atomic E-state index is -3.67. The van der Waals surface area contributed by atoms with Crippen LogP contribution in [0, 0.1) is 0 Å². The summed E-state index contributed by atoms with van der Waals surface area (Å²) in [5, 5.41) is 0. The second kappa shape index (κ2) is 9.35. The Morgan fingerprint density at radius 3 is 2.64 bits per heavy atom. The second-order valence-electron chi connectivity index (χ2n) is 7.26. The van der Waals surface area contributed by atoms with Gasteiger partial charge in [0.05, 0.1) is 23.7 Å². The first-order chi connectivity index (χ1) is 13.5. The van der Waals surface area contributed by atoms with Crippen LogP contribution < -0.4 is 0 Å². The van der Waals surface area contributed by atoms with Gasteiger partial charge in [0.15, 0.2) is 0 Å². The van der Waals surface area contributed by atoms with Gasteiger partial charge in [-0.3, -0.25) is 4.90 Å². The first-order valence-electron chi connectivity index (χ1n) is 10.1. The van der Waals surface area contributed by atoms with Crippen LogP contribution in [0.1, 0.15) is 42.6 Å². The minimum absolute atomic E-state index is 0.147. The Morgan fingerprint density at radius 1 is 1.21 bits per heavy atom. The number of aryl methyl sites for hydroxylation is 1. The summed E-state index contributed by atoms with van der Waals surface area (Å²) in [4.78, 5) is 15.2. The Labute approximate surface area is 167 Å². The van der Waals surface area contributed by atoms with Crippen molar-refractivity contribution < 1.29 is 22.7 Å². The van der Waals surface area contributed by atoms with Crippen molar-refractivity contribution in [1.29, 1.82) is 0 Å². The molecule has 0 saturated carbocycles. The fraction of sp³-hybridized carbons (Fsp3) is 0.650. The van der Waals surface area contributed by atoms with Crippen LogP contribution in [0.25, 0.3) is 0 Å². The van der Waals surface area contributed by atoms with Gasteiger partial charge in [0.25, 0.3) is 0 Å². The van der Waals surface area contributed by atoms with Gasteiger partial charge in [0.1, 0.15) is 6.10 Å². The maximum Gasteiger partial charge on any atom is 0.338 e. The maximum absolute atomic E-state index is 13.1. The Morgan fingerprint density at radius 2 is 1.96 bits per heavy atom. The first-order valence-corrected chi connectivity index (χ1v) is 11.5. The molecule has 7 nitrogen and oxygen atoms in total. The van der Waals surface area contributed by atoms with Gasteiger partial charge in [-0.15, -0.1) is 0 Å². The van der Waals surface area contributed by atoms with Crippen molar-refractivity contribution in [1.82, 2.24) is 9.21 Å². The smallest absolute Gasteiger partial charge is 0.338 e. The molecule has 0 spiro atoms. The molecule has 2 heterocycles. The molecule has 1 atom stereocenters. The van der Waals surface area contributed by atoms with E-state index in [4.69, 9.17) is 9.47 Å². The van der Waals surface area contributed by atoms with E-state index >= 15 is 0 Å². The number of carbonyl (C=O) groups is 1. The molecule has 1 unspecified atom stereocenters. The number of nitrogens with zero attached hydrogens (tertiary/aromatic N) is 2. The molecule has 1 aromatic carbocycles. The highest BCUT2D eigenvalue weighted by Gasteiger charge is 2.30. The molecule has 2 fully saturated rings. The molecular formula is C20H30N2O5S. The highest BCUT2D eigenvalue weighted by atomic mass is 32.2. The average Bonchev–Trinajstić information content (AvgIpc) is 2.74. The molecule has 0 N–H and O–H groups in total. The molecule has 2 aliphatic heterocycles. The van der Waals surface area contributed by atoms with E-state index in [1.165, 1.54) is 10.4 Å². The second-order valence-corrected chi connectivity index (χ2v) is 9.16. The lowest BCUT2D eigenvalue weighted by molar-refractivity contribution is 0.00771. The van der Waals surface area contributed by atoms with Crippen molar-refractivity contribution in [3.63, 3.8) is 0 Å². The van der Waals surface area contributed by atoms with Gasteiger partial charge in [-0.1, -0.05) is 19.9 Å². The lowest BCUT2D eigenvalue weighted by atomic mass is 10.1. The number of morpholine rings is 1. The van der Waals surface area contributed by atoms with Crippen LogP contribution in [-0.4, -0.2) is 75.6 Å². The van der Waals surface area contributed by atoms with Crippen molar-refractivity contribution in [3.8, 4) is 0 Å². The number of piperidine rings is 1. The van der Waals surface area contributed by atoms with Gasteiger partial charge >= 0.3 is 5.97 Å². The summed E-state index contributed by atoms with van der Waals surface area (Å²) in [5.74, 6) is -0.455. The average molecular weight is 411 g/mol. The van der Waals surface area contributed by atoms with E-state index in [1.54, 1.807) is 12.1 Å². The third-order valence-corrected chi connectivity index (χ3v) is 7.44. The lowest BCUT2D eigenvalue weighted by Gasteiger charge is -2.31. The predicted molar refractivity (Wildman–Crippen MR) is 106 cm³/mol. The van der Waals surface area contributed by atoms with Crippen LogP contribution in [0.15, 0.2) is 23.1 Å². The number of benzene rings is 1. The van der Waals surface area contributed by atoms with E-state index in [0.717, 1.165) is 32.5 Å². The van der Waals surface area contributed by atoms with Crippen LogP contribution >= 0.6 is 0 Å². The highest BCUT2D eigenvalue weighted by Crippen LogP contribution is 2.24. The number of rotatable bonds is 6. The Balaban J connectivity index is 1.81. The molecule has 2 saturated heterocycles. The Kier molecular flexibility index (Phi) is 7.09. The number of ether oxygens (including phenoxy) is 2. The molecular weight excluding hydrogens is 380 g/mol. The van der Waals surface area contributed by atoms with Gasteiger partial charge in [-0.25, -0.2) is 13.2 Å². The third kappa shape index (κ3) is 4.74. The van der Waals surface area contributed by atoms with Gasteiger partial charge in [0, 0.05) is 19.6 Å². The first kappa shape index (κ1) is 21.2. The van der Waals surface area contributed by atoms with Gasteiger partial charge < -0.3 is 9.47 Å². The summed E-state index contributed by atoms with van der Waals surface area (Å²) in [6, 6.07) is 4.87. The van der Waals surface area contributed by atoms with Crippen LogP contribution in [0.5, 0.6) is 0 Å². The van der Waals surface area contributed by atoms with Crippen molar-refractivity contribution in [3.05, 3.63) is 29.3 Å². The number of carbonyl (C=O) groups excluding carboxylic acids is 1. The lowest BCUT2D eigenvalue weighted by Crippen LogP contribution is -2.41. The number of hydrogen-bond donors (Lipinski definition) is 0. The molecule has 0 radical (unpaired) electrons. The zero-order valence-corrected chi connectivity index (χ0v) is 17.5. The normalized spacial score (nSPS) is 22.1. The predicted octanol–water partition coefficient (Wildman–Crippen LogP) is 1.91. The summed E-state index contributed by atoms with van der Waals surface area (Å²) >= 11 is 0.